The minimum Gasteiger partial charge on any atom is -0.457 e. The van der Waals surface area contributed by atoms with Gasteiger partial charge in [-0.3, -0.25) is 14.2 Å². The van der Waals surface area contributed by atoms with Gasteiger partial charge in [0, 0.05) is 15.5 Å². The number of hydrogen-bond donors (Lipinski definition) is 0. The number of halogens is 1. The van der Waals surface area contributed by atoms with Crippen molar-refractivity contribution in [1.82, 2.24) is 9.55 Å². The largest absolute Gasteiger partial charge is 0.457 e. The monoisotopic (exact) mass is 473 g/mol. The van der Waals surface area contributed by atoms with Crippen molar-refractivity contribution in [2.45, 2.75) is 50.2 Å². The molecule has 1 aliphatic carbocycles. The molecule has 4 rings (SSSR count). The lowest BCUT2D eigenvalue weighted by Gasteiger charge is -2.12. The minimum absolute atomic E-state index is 0.123. The number of hydrogen-bond acceptors (Lipinski definition) is 7. The van der Waals surface area contributed by atoms with Crippen LogP contribution in [0.2, 0.25) is 5.02 Å². The number of ether oxygens (including phenoxy) is 1. The fourth-order valence-corrected chi connectivity index (χ4v) is 6.09. The van der Waals surface area contributed by atoms with Crippen LogP contribution in [0.15, 0.2) is 34.0 Å². The van der Waals surface area contributed by atoms with E-state index in [4.69, 9.17) is 16.3 Å². The second kappa shape index (κ2) is 9.86. The summed E-state index contributed by atoms with van der Waals surface area (Å²) < 4.78 is 6.71. The van der Waals surface area contributed by atoms with E-state index in [9.17, 15) is 14.9 Å². The predicted molar refractivity (Wildman–Crippen MR) is 123 cm³/mol. The van der Waals surface area contributed by atoms with Gasteiger partial charge in [-0.2, -0.15) is 5.26 Å². The zero-order valence-corrected chi connectivity index (χ0v) is 19.1. The first-order chi connectivity index (χ1) is 15.1. The lowest BCUT2D eigenvalue weighted by atomic mass is 9.97. The van der Waals surface area contributed by atoms with E-state index in [1.807, 2.05) is 24.3 Å². The van der Waals surface area contributed by atoms with Gasteiger partial charge in [0.25, 0.3) is 5.56 Å². The van der Waals surface area contributed by atoms with Crippen molar-refractivity contribution in [3.8, 4) is 6.07 Å². The summed E-state index contributed by atoms with van der Waals surface area (Å²) in [6, 6.07) is 9.48. The van der Waals surface area contributed by atoms with Gasteiger partial charge in [0.15, 0.2) is 5.82 Å². The summed E-state index contributed by atoms with van der Waals surface area (Å²) >= 11 is 9.15. The second-order valence-corrected chi connectivity index (χ2v) is 9.79. The highest BCUT2D eigenvalue weighted by Gasteiger charge is 2.22. The predicted octanol–water partition coefficient (Wildman–Crippen LogP) is 4.74. The molecule has 0 radical (unpaired) electrons. The van der Waals surface area contributed by atoms with Crippen LogP contribution < -0.4 is 5.56 Å². The molecule has 9 heteroatoms. The number of benzene rings is 1. The molecule has 1 aliphatic rings. The molecule has 0 amide bonds. The van der Waals surface area contributed by atoms with Gasteiger partial charge in [-0.25, -0.2) is 4.98 Å². The molecule has 0 bridgehead atoms. The minimum atomic E-state index is -0.386. The highest BCUT2D eigenvalue weighted by Crippen LogP contribution is 2.34. The molecular formula is C22H20ClN3O3S2. The molecule has 6 nitrogen and oxygen atoms in total. The van der Waals surface area contributed by atoms with Gasteiger partial charge in [-0.1, -0.05) is 23.7 Å². The Labute approximate surface area is 192 Å². The number of rotatable bonds is 7. The number of aromatic nitrogens is 2. The van der Waals surface area contributed by atoms with Gasteiger partial charge in [0.2, 0.25) is 0 Å². The van der Waals surface area contributed by atoms with Crippen molar-refractivity contribution < 1.29 is 9.53 Å². The van der Waals surface area contributed by atoms with Gasteiger partial charge >= 0.3 is 5.97 Å². The Morgan fingerprint density at radius 3 is 2.94 bits per heavy atom. The van der Waals surface area contributed by atoms with Crippen LogP contribution in [0.3, 0.4) is 0 Å². The second-order valence-electron chi connectivity index (χ2n) is 7.16. The lowest BCUT2D eigenvalue weighted by molar-refractivity contribution is -0.144. The van der Waals surface area contributed by atoms with Crippen molar-refractivity contribution in [1.29, 1.82) is 5.26 Å². The summed E-state index contributed by atoms with van der Waals surface area (Å²) in [6.45, 7) is -0.257. The molecule has 0 spiro atoms. The van der Waals surface area contributed by atoms with Crippen molar-refractivity contribution >= 4 is 50.9 Å². The summed E-state index contributed by atoms with van der Waals surface area (Å²) in [7, 11) is 0. The number of aryl methyl sites for hydroxylation is 2. The van der Waals surface area contributed by atoms with Crippen molar-refractivity contribution in [3.63, 3.8) is 0 Å². The normalized spacial score (nSPS) is 13.0. The van der Waals surface area contributed by atoms with E-state index >= 15 is 0 Å². The third kappa shape index (κ3) is 4.79. The molecule has 0 atom stereocenters. The molecular weight excluding hydrogens is 454 g/mol. The smallest absolute Gasteiger partial charge is 0.307 e. The lowest BCUT2D eigenvalue weighted by Crippen LogP contribution is -2.26. The molecule has 2 aromatic heterocycles. The highest BCUT2D eigenvalue weighted by atomic mass is 35.5. The van der Waals surface area contributed by atoms with Crippen LogP contribution in [0.1, 0.15) is 35.5 Å². The van der Waals surface area contributed by atoms with Crippen LogP contribution in [0.5, 0.6) is 0 Å². The molecule has 160 valence electrons. The number of carbonyl (C=O) groups is 1. The third-order valence-corrected chi connectivity index (χ3v) is 7.85. The Bertz CT molecular complexity index is 1230. The first-order valence-electron chi connectivity index (χ1n) is 10.0. The molecule has 2 heterocycles. The van der Waals surface area contributed by atoms with E-state index in [0.29, 0.717) is 26.8 Å². The van der Waals surface area contributed by atoms with E-state index in [-0.39, 0.29) is 31.1 Å². The van der Waals surface area contributed by atoms with Crippen LogP contribution in [-0.2, 0) is 35.5 Å². The molecule has 1 aromatic carbocycles. The number of thiophene rings is 1. The molecule has 0 saturated heterocycles. The number of nitriles is 1. The van der Waals surface area contributed by atoms with Crippen LogP contribution in [-0.4, -0.2) is 21.3 Å². The molecule has 0 saturated carbocycles. The molecule has 0 N–H and O–H groups in total. The first-order valence-corrected chi connectivity index (χ1v) is 12.2. The standard InChI is InChI=1S/C22H20ClN3O3S2/c23-15-6-2-4-8-17(15)30-12-9-19(27)29-13-18-25-21-20(22(28)26(18)11-10-24)14-5-1-3-7-16(14)31-21/h2,4,6,8H,1,3,5,7,9,11-13H2. The van der Waals surface area contributed by atoms with Gasteiger partial charge in [-0.15, -0.1) is 23.1 Å². The van der Waals surface area contributed by atoms with Crippen LogP contribution in [0.4, 0.5) is 0 Å². The van der Waals surface area contributed by atoms with Gasteiger partial charge in [-0.05, 0) is 43.4 Å². The average molecular weight is 474 g/mol. The number of esters is 1. The van der Waals surface area contributed by atoms with Crippen molar-refractivity contribution in [3.05, 3.63) is 55.9 Å². The quantitative estimate of drug-likeness (QED) is 0.364. The van der Waals surface area contributed by atoms with Crippen LogP contribution >= 0.6 is 34.7 Å². The van der Waals surface area contributed by atoms with E-state index in [0.717, 1.165) is 36.1 Å². The zero-order valence-electron chi connectivity index (χ0n) is 16.7. The number of thioether (sulfide) groups is 1. The number of carbonyl (C=O) groups excluding carboxylic acids is 1. The van der Waals surface area contributed by atoms with E-state index in [1.165, 1.54) is 32.5 Å². The third-order valence-electron chi connectivity index (χ3n) is 5.15. The van der Waals surface area contributed by atoms with Crippen molar-refractivity contribution in [2.24, 2.45) is 0 Å². The average Bonchev–Trinajstić information content (AvgIpc) is 3.14. The summed E-state index contributed by atoms with van der Waals surface area (Å²) in [5.41, 5.74) is 0.863. The molecule has 3 aromatic rings. The van der Waals surface area contributed by atoms with Crippen LogP contribution in [0.25, 0.3) is 10.2 Å². The SMILES string of the molecule is N#CCn1c(COC(=O)CCSc2ccccc2Cl)nc2sc3c(c2c1=O)CCCC3. The molecule has 0 unspecified atom stereocenters. The summed E-state index contributed by atoms with van der Waals surface area (Å²) in [6.07, 6.45) is 4.20. The van der Waals surface area contributed by atoms with Crippen LogP contribution in [0, 0.1) is 11.3 Å². The van der Waals surface area contributed by atoms with Gasteiger partial charge < -0.3 is 4.74 Å². The maximum absolute atomic E-state index is 13.1. The first kappa shape index (κ1) is 21.9. The van der Waals surface area contributed by atoms with E-state index in [1.54, 1.807) is 6.07 Å². The Kier molecular flexibility index (Phi) is 6.96. The zero-order chi connectivity index (χ0) is 21.8. The Hall–Kier alpha value is -2.34. The number of fused-ring (bicyclic) bond motifs is 3. The van der Waals surface area contributed by atoms with Gasteiger partial charge in [0.05, 0.1) is 22.9 Å². The van der Waals surface area contributed by atoms with Gasteiger partial charge in [0.1, 0.15) is 18.0 Å². The topological polar surface area (TPSA) is 85.0 Å². The summed E-state index contributed by atoms with van der Waals surface area (Å²) in [5, 5.41) is 10.5. The molecule has 31 heavy (non-hydrogen) atoms. The molecule has 0 fully saturated rings. The number of nitrogens with zero attached hydrogens (tertiary/aromatic N) is 3. The maximum atomic E-state index is 13.1. The van der Waals surface area contributed by atoms with E-state index < -0.39 is 0 Å². The fourth-order valence-electron chi connectivity index (χ4n) is 3.65. The highest BCUT2D eigenvalue weighted by molar-refractivity contribution is 7.99. The summed E-state index contributed by atoms with van der Waals surface area (Å²) in [5.74, 6) is 0.449. The van der Waals surface area contributed by atoms with E-state index in [2.05, 4.69) is 4.98 Å². The maximum Gasteiger partial charge on any atom is 0.307 e. The Balaban J connectivity index is 1.47. The molecule has 0 aliphatic heterocycles. The van der Waals surface area contributed by atoms with Crippen molar-refractivity contribution in [2.75, 3.05) is 5.75 Å². The summed E-state index contributed by atoms with van der Waals surface area (Å²) in [4.78, 5) is 32.7. The fraction of sp³-hybridized carbons (Fsp3) is 0.364. The Morgan fingerprint density at radius 1 is 1.32 bits per heavy atom. The Morgan fingerprint density at radius 2 is 2.13 bits per heavy atom.